The summed E-state index contributed by atoms with van der Waals surface area (Å²) in [5.74, 6) is 1.79. The summed E-state index contributed by atoms with van der Waals surface area (Å²) in [5, 5.41) is 8.45. The zero-order valence-electron chi connectivity index (χ0n) is 10.7. The van der Waals surface area contributed by atoms with Crippen molar-refractivity contribution in [3.05, 3.63) is 27.6 Å². The molecule has 2 aromatic rings. The monoisotopic (exact) mass is 244 g/mol. The van der Waals surface area contributed by atoms with E-state index in [0.29, 0.717) is 5.65 Å². The lowest BCUT2D eigenvalue weighted by Gasteiger charge is -2.13. The molecular weight excluding hydrogens is 228 g/mol. The molecule has 18 heavy (non-hydrogen) atoms. The van der Waals surface area contributed by atoms with Gasteiger partial charge < -0.3 is 4.98 Å². The van der Waals surface area contributed by atoms with Crippen LogP contribution in [0.25, 0.3) is 5.65 Å². The molecule has 2 aromatic heterocycles. The molecule has 0 amide bonds. The van der Waals surface area contributed by atoms with Gasteiger partial charge in [0.05, 0.1) is 0 Å². The number of aromatic amines is 1. The lowest BCUT2D eigenvalue weighted by atomic mass is 9.99. The summed E-state index contributed by atoms with van der Waals surface area (Å²) in [4.78, 5) is 14.8. The van der Waals surface area contributed by atoms with Crippen LogP contribution in [0.3, 0.4) is 0 Å². The Hall–Kier alpha value is -1.65. The summed E-state index contributed by atoms with van der Waals surface area (Å²) in [7, 11) is 0. The molecule has 94 valence electrons. The van der Waals surface area contributed by atoms with E-state index < -0.39 is 0 Å². The maximum Gasteiger partial charge on any atom is 0.293 e. The Labute approximate surface area is 104 Å². The molecule has 0 aliphatic heterocycles. The molecule has 5 nitrogen and oxygen atoms in total. The minimum atomic E-state index is -0.136. The van der Waals surface area contributed by atoms with E-state index in [2.05, 4.69) is 15.2 Å². The van der Waals surface area contributed by atoms with Gasteiger partial charge in [0.15, 0.2) is 0 Å². The molecule has 2 aliphatic rings. The predicted molar refractivity (Wildman–Crippen MR) is 66.7 cm³/mol. The van der Waals surface area contributed by atoms with Gasteiger partial charge in [0.25, 0.3) is 5.56 Å². The molecule has 0 saturated heterocycles. The van der Waals surface area contributed by atoms with E-state index >= 15 is 0 Å². The summed E-state index contributed by atoms with van der Waals surface area (Å²) in [6, 6.07) is 0. The molecule has 0 bridgehead atoms. The van der Waals surface area contributed by atoms with Crippen LogP contribution < -0.4 is 5.56 Å². The van der Waals surface area contributed by atoms with Crippen LogP contribution in [0.4, 0.5) is 0 Å². The summed E-state index contributed by atoms with van der Waals surface area (Å²) < 4.78 is 1.99. The van der Waals surface area contributed by atoms with Crippen molar-refractivity contribution in [2.45, 2.75) is 44.9 Å². The number of rotatable bonds is 2. The Bertz CT molecular complexity index is 704. The lowest BCUT2D eigenvalue weighted by Crippen LogP contribution is -2.19. The molecule has 0 aromatic carbocycles. The van der Waals surface area contributed by atoms with Gasteiger partial charge in [-0.3, -0.25) is 9.20 Å². The fourth-order valence-corrected chi connectivity index (χ4v) is 3.14. The maximum absolute atomic E-state index is 11.9. The molecule has 0 unspecified atom stereocenters. The highest BCUT2D eigenvalue weighted by atomic mass is 16.1. The van der Waals surface area contributed by atoms with Crippen molar-refractivity contribution in [2.24, 2.45) is 5.92 Å². The van der Waals surface area contributed by atoms with E-state index in [4.69, 9.17) is 0 Å². The van der Waals surface area contributed by atoms with Crippen molar-refractivity contribution in [3.8, 4) is 0 Å². The number of H-pyrrole nitrogens is 1. The number of fused-ring (bicyclic) bond motifs is 1. The van der Waals surface area contributed by atoms with Crippen molar-refractivity contribution in [2.75, 3.05) is 0 Å². The van der Waals surface area contributed by atoms with Crippen LogP contribution in [0.2, 0.25) is 0 Å². The normalized spacial score (nSPS) is 21.4. The molecule has 2 aliphatic carbocycles. The molecule has 2 fully saturated rings. The molecule has 2 saturated carbocycles. The zero-order valence-corrected chi connectivity index (χ0v) is 10.7. The van der Waals surface area contributed by atoms with E-state index in [1.807, 2.05) is 18.2 Å². The maximum atomic E-state index is 11.9. The first-order valence-electron chi connectivity index (χ1n) is 6.58. The van der Waals surface area contributed by atoms with Gasteiger partial charge in [-0.05, 0) is 45.4 Å². The van der Waals surface area contributed by atoms with Gasteiger partial charge in [-0.25, -0.2) is 0 Å². The highest BCUT2D eigenvalue weighted by Crippen LogP contribution is 2.61. The molecule has 5 heteroatoms. The van der Waals surface area contributed by atoms with E-state index in [-0.39, 0.29) is 11.0 Å². The van der Waals surface area contributed by atoms with Crippen LogP contribution >= 0.6 is 0 Å². The highest BCUT2D eigenvalue weighted by molar-refractivity contribution is 5.41. The molecule has 1 N–H and O–H groups in total. The van der Waals surface area contributed by atoms with Gasteiger partial charge in [-0.15, -0.1) is 10.2 Å². The number of aromatic nitrogens is 4. The van der Waals surface area contributed by atoms with Crippen LogP contribution in [0.5, 0.6) is 0 Å². The minimum Gasteiger partial charge on any atom is -0.321 e. The molecule has 2 heterocycles. The van der Waals surface area contributed by atoms with Gasteiger partial charge in [0.1, 0.15) is 5.82 Å². The van der Waals surface area contributed by atoms with Crippen LogP contribution in [0.1, 0.15) is 42.9 Å². The fraction of sp³-hybridized carbons (Fsp3) is 0.615. The van der Waals surface area contributed by atoms with Gasteiger partial charge in [-0.1, -0.05) is 0 Å². The zero-order chi connectivity index (χ0) is 12.5. The fourth-order valence-electron chi connectivity index (χ4n) is 3.14. The standard InChI is InChI=1S/C13H16N4O/c1-7-8(2)17-10(11(18)14-7)15-16-12(17)13(5-6-13)9-3-4-9/h9H,3-6H2,1-2H3,(H,14,18). The smallest absolute Gasteiger partial charge is 0.293 e. The SMILES string of the molecule is Cc1[nH]c(=O)c2nnc(C3(C4CC4)CC3)n2c1C. The third-order valence-corrected chi connectivity index (χ3v) is 4.64. The highest BCUT2D eigenvalue weighted by Gasteiger charge is 2.57. The molecule has 0 spiro atoms. The second kappa shape index (κ2) is 3.02. The molecule has 4 rings (SSSR count). The topological polar surface area (TPSA) is 63.0 Å². The number of aryl methyl sites for hydroxylation is 2. The number of nitrogens with zero attached hydrogens (tertiary/aromatic N) is 3. The average molecular weight is 244 g/mol. The average Bonchev–Trinajstić information content (AvgIpc) is 3.22. The summed E-state index contributed by atoms with van der Waals surface area (Å²) in [5.41, 5.74) is 2.49. The Morgan fingerprint density at radius 3 is 2.61 bits per heavy atom. The summed E-state index contributed by atoms with van der Waals surface area (Å²) in [6.07, 6.45) is 5.00. The first kappa shape index (κ1) is 10.3. The van der Waals surface area contributed by atoms with Crippen LogP contribution in [0, 0.1) is 19.8 Å². The van der Waals surface area contributed by atoms with Crippen LogP contribution in [-0.2, 0) is 5.41 Å². The number of hydrogen-bond donors (Lipinski definition) is 1. The number of nitrogens with one attached hydrogen (secondary N) is 1. The van der Waals surface area contributed by atoms with Crippen LogP contribution in [0.15, 0.2) is 4.79 Å². The largest absolute Gasteiger partial charge is 0.321 e. The second-order valence-corrected chi connectivity index (χ2v) is 5.78. The lowest BCUT2D eigenvalue weighted by molar-refractivity contribution is 0.548. The van der Waals surface area contributed by atoms with E-state index in [1.54, 1.807) is 0 Å². The van der Waals surface area contributed by atoms with Gasteiger partial charge >= 0.3 is 0 Å². The Balaban J connectivity index is 2.05. The quantitative estimate of drug-likeness (QED) is 0.870. The van der Waals surface area contributed by atoms with Crippen molar-refractivity contribution >= 4 is 5.65 Å². The summed E-state index contributed by atoms with van der Waals surface area (Å²) >= 11 is 0. The van der Waals surface area contributed by atoms with E-state index in [1.165, 1.54) is 25.7 Å². The first-order chi connectivity index (χ1) is 8.63. The number of hydrogen-bond acceptors (Lipinski definition) is 3. The van der Waals surface area contributed by atoms with E-state index in [9.17, 15) is 4.79 Å². The Kier molecular flexibility index (Phi) is 1.73. The van der Waals surface area contributed by atoms with Crippen molar-refractivity contribution < 1.29 is 0 Å². The first-order valence-corrected chi connectivity index (χ1v) is 6.58. The van der Waals surface area contributed by atoms with Gasteiger partial charge in [0, 0.05) is 16.8 Å². The predicted octanol–water partition coefficient (Wildman–Crippen LogP) is 1.48. The van der Waals surface area contributed by atoms with Gasteiger partial charge in [-0.2, -0.15) is 0 Å². The van der Waals surface area contributed by atoms with Crippen molar-refractivity contribution in [3.63, 3.8) is 0 Å². The van der Waals surface area contributed by atoms with Crippen molar-refractivity contribution in [1.82, 2.24) is 19.6 Å². The molecular formula is C13H16N4O. The second-order valence-electron chi connectivity index (χ2n) is 5.78. The van der Waals surface area contributed by atoms with Gasteiger partial charge in [0.2, 0.25) is 5.65 Å². The molecule has 0 radical (unpaired) electrons. The third kappa shape index (κ3) is 1.14. The van der Waals surface area contributed by atoms with Crippen LogP contribution in [-0.4, -0.2) is 19.6 Å². The summed E-state index contributed by atoms with van der Waals surface area (Å²) in [6.45, 7) is 3.95. The Morgan fingerprint density at radius 2 is 2.00 bits per heavy atom. The minimum absolute atomic E-state index is 0.136. The van der Waals surface area contributed by atoms with Crippen molar-refractivity contribution in [1.29, 1.82) is 0 Å². The van der Waals surface area contributed by atoms with E-state index in [0.717, 1.165) is 23.1 Å². The Morgan fingerprint density at radius 1 is 1.28 bits per heavy atom. The molecule has 0 atom stereocenters. The third-order valence-electron chi connectivity index (χ3n) is 4.64.